The summed E-state index contributed by atoms with van der Waals surface area (Å²) in [5.74, 6) is -0.139. The first kappa shape index (κ1) is 20.3. The molecule has 1 heterocycles. The van der Waals surface area contributed by atoms with Crippen molar-refractivity contribution in [3.63, 3.8) is 0 Å². The first-order valence-corrected chi connectivity index (χ1v) is 11.6. The number of rotatable bonds is 8. The summed E-state index contributed by atoms with van der Waals surface area (Å²) in [6, 6.07) is 7.72. The number of sulfonamides is 1. The normalized spacial score (nSPS) is 22.1. The van der Waals surface area contributed by atoms with Gasteiger partial charge < -0.3 is 9.80 Å². The molecule has 1 amide bonds. The smallest absolute Gasteiger partial charge is 0.245 e. The molecule has 0 spiro atoms. The van der Waals surface area contributed by atoms with E-state index >= 15 is 0 Å². The van der Waals surface area contributed by atoms with Gasteiger partial charge in [0.2, 0.25) is 15.9 Å². The van der Waals surface area contributed by atoms with Crippen molar-refractivity contribution < 1.29 is 13.2 Å². The van der Waals surface area contributed by atoms with Crippen LogP contribution < -0.4 is 4.90 Å². The van der Waals surface area contributed by atoms with E-state index in [0.29, 0.717) is 13.0 Å². The zero-order valence-electron chi connectivity index (χ0n) is 16.8. The van der Waals surface area contributed by atoms with Gasteiger partial charge in [0.05, 0.1) is 6.26 Å². The Hall–Kier alpha value is -1.44. The maximum atomic E-state index is 12.7. The molecule has 1 aromatic rings. The molecule has 1 saturated carbocycles. The van der Waals surface area contributed by atoms with Crippen LogP contribution >= 0.6 is 0 Å². The van der Waals surface area contributed by atoms with Crippen molar-refractivity contribution in [2.75, 3.05) is 44.4 Å². The third-order valence-corrected chi connectivity index (χ3v) is 7.51. The summed E-state index contributed by atoms with van der Waals surface area (Å²) in [4.78, 5) is 16.9. The molecule has 1 aliphatic heterocycles. The number of benzene rings is 1. The predicted octanol–water partition coefficient (Wildman–Crippen LogP) is 2.06. The molecule has 2 fully saturated rings. The van der Waals surface area contributed by atoms with Crippen LogP contribution in [0.2, 0.25) is 0 Å². The highest BCUT2D eigenvalue weighted by Crippen LogP contribution is 2.49. The van der Waals surface area contributed by atoms with Crippen LogP contribution in [0.4, 0.5) is 5.69 Å². The molecule has 1 aromatic carbocycles. The maximum Gasteiger partial charge on any atom is 0.245 e. The van der Waals surface area contributed by atoms with Gasteiger partial charge in [0.25, 0.3) is 0 Å². The molecule has 1 saturated heterocycles. The maximum absolute atomic E-state index is 12.7. The lowest BCUT2D eigenvalue weighted by molar-refractivity contribution is -0.120. The molecule has 6 nitrogen and oxygen atoms in total. The largest absolute Gasteiger partial charge is 0.311 e. The van der Waals surface area contributed by atoms with E-state index in [1.807, 2.05) is 12.1 Å². The van der Waals surface area contributed by atoms with Crippen LogP contribution in [0.25, 0.3) is 0 Å². The monoisotopic (exact) mass is 393 g/mol. The number of amides is 1. The fraction of sp³-hybridized carbons (Fsp3) is 0.650. The Morgan fingerprint density at radius 1 is 1.15 bits per heavy atom. The second-order valence-corrected chi connectivity index (χ2v) is 9.90. The molecule has 0 bridgehead atoms. The van der Waals surface area contributed by atoms with Crippen molar-refractivity contribution in [1.29, 1.82) is 0 Å². The van der Waals surface area contributed by atoms with E-state index in [0.717, 1.165) is 31.6 Å². The minimum atomic E-state index is -3.38. The molecule has 150 valence electrons. The third kappa shape index (κ3) is 4.05. The van der Waals surface area contributed by atoms with Gasteiger partial charge in [-0.2, -0.15) is 4.31 Å². The highest BCUT2D eigenvalue weighted by Gasteiger charge is 2.45. The van der Waals surface area contributed by atoms with Gasteiger partial charge in [-0.3, -0.25) is 4.79 Å². The van der Waals surface area contributed by atoms with E-state index in [9.17, 15) is 13.2 Å². The lowest BCUT2D eigenvalue weighted by Gasteiger charge is -2.26. The summed E-state index contributed by atoms with van der Waals surface area (Å²) in [5.41, 5.74) is 2.46. The molecule has 0 N–H and O–H groups in total. The quantitative estimate of drug-likeness (QED) is 0.678. The first-order valence-electron chi connectivity index (χ1n) is 9.79. The van der Waals surface area contributed by atoms with Gasteiger partial charge in [0.1, 0.15) is 6.04 Å². The molecule has 0 radical (unpaired) electrons. The highest BCUT2D eigenvalue weighted by atomic mass is 32.2. The van der Waals surface area contributed by atoms with E-state index in [-0.39, 0.29) is 11.3 Å². The minimum Gasteiger partial charge on any atom is -0.311 e. The van der Waals surface area contributed by atoms with E-state index in [1.54, 1.807) is 4.90 Å². The summed E-state index contributed by atoms with van der Waals surface area (Å²) in [7, 11) is -1.90. The average molecular weight is 394 g/mol. The fourth-order valence-electron chi connectivity index (χ4n) is 4.05. The molecule has 2 aliphatic rings. The summed E-state index contributed by atoms with van der Waals surface area (Å²) in [5, 5.41) is 0. The number of hydrogen-bond acceptors (Lipinski definition) is 4. The van der Waals surface area contributed by atoms with Gasteiger partial charge in [-0.15, -0.1) is 0 Å². The van der Waals surface area contributed by atoms with Crippen LogP contribution in [-0.2, 0) is 20.2 Å². The SMILES string of the molecule is CCN(CC)CC1(c2ccc(N3CCC(N(C)S(C)(=O)=O)C3=O)cc2)CC1. The van der Waals surface area contributed by atoms with Gasteiger partial charge in [-0.05, 0) is 50.0 Å². The first-order chi connectivity index (χ1) is 12.7. The zero-order valence-corrected chi connectivity index (χ0v) is 17.6. The van der Waals surface area contributed by atoms with Crippen LogP contribution in [0.15, 0.2) is 24.3 Å². The molecular weight excluding hydrogens is 362 g/mol. The van der Waals surface area contributed by atoms with Gasteiger partial charge in [0, 0.05) is 31.2 Å². The van der Waals surface area contributed by atoms with Crippen molar-refractivity contribution in [2.45, 2.75) is 44.6 Å². The van der Waals surface area contributed by atoms with E-state index < -0.39 is 16.1 Å². The van der Waals surface area contributed by atoms with Gasteiger partial charge in [-0.1, -0.05) is 26.0 Å². The van der Waals surface area contributed by atoms with Crippen LogP contribution in [0, 0.1) is 0 Å². The van der Waals surface area contributed by atoms with Gasteiger partial charge in [0.15, 0.2) is 0 Å². The summed E-state index contributed by atoms with van der Waals surface area (Å²) in [6.45, 7) is 8.16. The Bertz CT molecular complexity index is 783. The van der Waals surface area contributed by atoms with Crippen LogP contribution in [0.3, 0.4) is 0 Å². The van der Waals surface area contributed by atoms with Crippen molar-refractivity contribution in [3.8, 4) is 0 Å². The molecule has 1 aliphatic carbocycles. The van der Waals surface area contributed by atoms with Crippen molar-refractivity contribution >= 4 is 21.6 Å². The number of carbonyl (C=O) groups excluding carboxylic acids is 1. The van der Waals surface area contributed by atoms with E-state index in [1.165, 1.54) is 29.8 Å². The Morgan fingerprint density at radius 2 is 1.74 bits per heavy atom. The third-order valence-electron chi connectivity index (χ3n) is 6.20. The second kappa shape index (κ2) is 7.53. The van der Waals surface area contributed by atoms with Crippen molar-refractivity contribution in [1.82, 2.24) is 9.21 Å². The Balaban J connectivity index is 1.72. The van der Waals surface area contributed by atoms with Gasteiger partial charge in [-0.25, -0.2) is 8.42 Å². The summed E-state index contributed by atoms with van der Waals surface area (Å²) >= 11 is 0. The molecule has 0 aromatic heterocycles. The topological polar surface area (TPSA) is 60.9 Å². The molecule has 3 rings (SSSR count). The molecule has 1 unspecified atom stereocenters. The number of likely N-dealkylation sites (N-methyl/N-ethyl adjacent to an activating group) is 2. The van der Waals surface area contributed by atoms with Crippen LogP contribution in [-0.4, -0.2) is 69.1 Å². The van der Waals surface area contributed by atoms with E-state index in [2.05, 4.69) is 30.9 Å². The Labute approximate surface area is 163 Å². The van der Waals surface area contributed by atoms with Gasteiger partial charge >= 0.3 is 0 Å². The Kier molecular flexibility index (Phi) is 5.66. The van der Waals surface area contributed by atoms with Crippen LogP contribution in [0.1, 0.15) is 38.7 Å². The number of carbonyl (C=O) groups is 1. The molecular formula is C20H31N3O3S. The number of hydrogen-bond donors (Lipinski definition) is 0. The second-order valence-electron chi connectivity index (χ2n) is 7.86. The number of anilines is 1. The Morgan fingerprint density at radius 3 is 2.22 bits per heavy atom. The molecule has 1 atom stereocenters. The molecule has 7 heteroatoms. The minimum absolute atomic E-state index is 0.139. The van der Waals surface area contributed by atoms with E-state index in [4.69, 9.17) is 0 Å². The fourth-order valence-corrected chi connectivity index (χ4v) is 4.71. The lowest BCUT2D eigenvalue weighted by Crippen LogP contribution is -2.42. The standard InChI is InChI=1S/C20H31N3O3S/c1-5-22(6-2)15-20(12-13-20)16-7-9-17(10-8-16)23-14-11-18(19(23)24)21(3)27(4,25)26/h7-10,18H,5-6,11-15H2,1-4H3. The highest BCUT2D eigenvalue weighted by molar-refractivity contribution is 7.88. The zero-order chi connectivity index (χ0) is 19.8. The van der Waals surface area contributed by atoms with Crippen molar-refractivity contribution in [2.24, 2.45) is 0 Å². The molecule has 27 heavy (non-hydrogen) atoms. The van der Waals surface area contributed by atoms with Crippen molar-refractivity contribution in [3.05, 3.63) is 29.8 Å². The lowest BCUT2D eigenvalue weighted by atomic mass is 9.95. The summed E-state index contributed by atoms with van der Waals surface area (Å²) < 4.78 is 24.7. The predicted molar refractivity (Wildman–Crippen MR) is 109 cm³/mol. The average Bonchev–Trinajstić information content (AvgIpc) is 3.33. The van der Waals surface area contributed by atoms with Crippen LogP contribution in [0.5, 0.6) is 0 Å². The summed E-state index contributed by atoms with van der Waals surface area (Å²) in [6.07, 6.45) is 4.10. The number of nitrogens with zero attached hydrogens (tertiary/aromatic N) is 3.